The SMILES string of the molecule is Cc1ccc(CNc2cccc(C(C)C)c2)s1. The van der Waals surface area contributed by atoms with Crippen LogP contribution in [0.5, 0.6) is 0 Å². The minimum absolute atomic E-state index is 0.584. The molecule has 0 amide bonds. The Balaban J connectivity index is 2.01. The van der Waals surface area contributed by atoms with Gasteiger partial charge >= 0.3 is 0 Å². The van der Waals surface area contributed by atoms with E-state index in [1.807, 2.05) is 11.3 Å². The molecule has 0 spiro atoms. The Hall–Kier alpha value is -1.28. The highest BCUT2D eigenvalue weighted by Crippen LogP contribution is 2.20. The van der Waals surface area contributed by atoms with Crippen molar-refractivity contribution >= 4 is 17.0 Å². The summed E-state index contributed by atoms with van der Waals surface area (Å²) in [6.07, 6.45) is 0. The van der Waals surface area contributed by atoms with Crippen molar-refractivity contribution in [1.29, 1.82) is 0 Å². The van der Waals surface area contributed by atoms with Gasteiger partial charge in [0.1, 0.15) is 0 Å². The third-order valence-electron chi connectivity index (χ3n) is 2.82. The van der Waals surface area contributed by atoms with E-state index in [0.29, 0.717) is 5.92 Å². The van der Waals surface area contributed by atoms with Gasteiger partial charge in [0.25, 0.3) is 0 Å². The number of anilines is 1. The van der Waals surface area contributed by atoms with E-state index in [2.05, 4.69) is 62.5 Å². The van der Waals surface area contributed by atoms with Crippen molar-refractivity contribution in [3.63, 3.8) is 0 Å². The van der Waals surface area contributed by atoms with Crippen LogP contribution < -0.4 is 5.32 Å². The van der Waals surface area contributed by atoms with Crippen LogP contribution in [0.25, 0.3) is 0 Å². The quantitative estimate of drug-likeness (QED) is 0.816. The van der Waals surface area contributed by atoms with Gasteiger partial charge in [-0.15, -0.1) is 11.3 Å². The zero-order chi connectivity index (χ0) is 12.3. The van der Waals surface area contributed by atoms with E-state index in [-0.39, 0.29) is 0 Å². The summed E-state index contributed by atoms with van der Waals surface area (Å²) < 4.78 is 0. The maximum Gasteiger partial charge on any atom is 0.0494 e. The van der Waals surface area contributed by atoms with Gasteiger partial charge in [-0.05, 0) is 42.7 Å². The fourth-order valence-electron chi connectivity index (χ4n) is 1.78. The van der Waals surface area contributed by atoms with Crippen molar-refractivity contribution < 1.29 is 0 Å². The second-order valence-corrected chi connectivity index (χ2v) is 6.02. The molecule has 0 fully saturated rings. The molecule has 1 heterocycles. The van der Waals surface area contributed by atoms with Gasteiger partial charge in [-0.2, -0.15) is 0 Å². The van der Waals surface area contributed by atoms with Gasteiger partial charge in [0, 0.05) is 22.0 Å². The number of thiophene rings is 1. The fourth-order valence-corrected chi connectivity index (χ4v) is 2.61. The molecule has 0 bridgehead atoms. The fraction of sp³-hybridized carbons (Fsp3) is 0.333. The summed E-state index contributed by atoms with van der Waals surface area (Å²) in [4.78, 5) is 2.76. The molecule has 0 aliphatic heterocycles. The predicted molar refractivity (Wildman–Crippen MR) is 76.9 cm³/mol. The van der Waals surface area contributed by atoms with E-state index in [1.165, 1.54) is 21.0 Å². The Labute approximate surface area is 108 Å². The Morgan fingerprint density at radius 1 is 1.18 bits per heavy atom. The molecule has 1 aromatic carbocycles. The first-order chi connectivity index (χ1) is 8.15. The molecule has 1 aromatic heterocycles. The van der Waals surface area contributed by atoms with Gasteiger partial charge in [0.15, 0.2) is 0 Å². The van der Waals surface area contributed by atoms with E-state index in [4.69, 9.17) is 0 Å². The number of nitrogens with one attached hydrogen (secondary N) is 1. The van der Waals surface area contributed by atoms with E-state index in [1.54, 1.807) is 0 Å². The highest BCUT2D eigenvalue weighted by molar-refractivity contribution is 7.11. The van der Waals surface area contributed by atoms with Crippen LogP contribution >= 0.6 is 11.3 Å². The van der Waals surface area contributed by atoms with E-state index in [9.17, 15) is 0 Å². The summed E-state index contributed by atoms with van der Waals surface area (Å²) in [6.45, 7) is 7.51. The smallest absolute Gasteiger partial charge is 0.0494 e. The molecule has 0 radical (unpaired) electrons. The monoisotopic (exact) mass is 245 g/mol. The lowest BCUT2D eigenvalue weighted by Gasteiger charge is -2.09. The highest BCUT2D eigenvalue weighted by Gasteiger charge is 2.01. The lowest BCUT2D eigenvalue weighted by atomic mass is 10.0. The first kappa shape index (κ1) is 12.2. The van der Waals surface area contributed by atoms with Crippen LogP contribution in [0.4, 0.5) is 5.69 Å². The molecule has 90 valence electrons. The third kappa shape index (κ3) is 3.34. The molecule has 2 heteroatoms. The second kappa shape index (κ2) is 5.37. The van der Waals surface area contributed by atoms with Crippen LogP contribution in [0, 0.1) is 6.92 Å². The molecule has 1 nitrogen and oxygen atoms in total. The van der Waals surface area contributed by atoms with Gasteiger partial charge in [0.2, 0.25) is 0 Å². The maximum absolute atomic E-state index is 3.48. The number of aryl methyl sites for hydroxylation is 1. The lowest BCUT2D eigenvalue weighted by molar-refractivity contribution is 0.866. The minimum atomic E-state index is 0.584. The van der Waals surface area contributed by atoms with Crippen molar-refractivity contribution in [1.82, 2.24) is 0 Å². The number of hydrogen-bond donors (Lipinski definition) is 1. The van der Waals surface area contributed by atoms with Crippen molar-refractivity contribution in [2.45, 2.75) is 33.2 Å². The average molecular weight is 245 g/mol. The summed E-state index contributed by atoms with van der Waals surface area (Å²) in [7, 11) is 0. The van der Waals surface area contributed by atoms with Crippen molar-refractivity contribution in [3.8, 4) is 0 Å². The van der Waals surface area contributed by atoms with E-state index >= 15 is 0 Å². The largest absolute Gasteiger partial charge is 0.380 e. The lowest BCUT2D eigenvalue weighted by Crippen LogP contribution is -1.98. The average Bonchev–Trinajstić information content (AvgIpc) is 2.73. The van der Waals surface area contributed by atoms with Crippen molar-refractivity contribution in [2.24, 2.45) is 0 Å². The standard InChI is InChI=1S/C15H19NS/c1-11(2)13-5-4-6-14(9-13)16-10-15-8-7-12(3)17-15/h4-9,11,16H,10H2,1-3H3. The van der Waals surface area contributed by atoms with Gasteiger partial charge in [-0.1, -0.05) is 26.0 Å². The molecule has 17 heavy (non-hydrogen) atoms. The van der Waals surface area contributed by atoms with Gasteiger partial charge < -0.3 is 5.32 Å². The summed E-state index contributed by atoms with van der Waals surface area (Å²) in [5.41, 5.74) is 2.60. The number of benzene rings is 1. The predicted octanol–water partition coefficient (Wildman–Crippen LogP) is 4.79. The zero-order valence-corrected chi connectivity index (χ0v) is 11.5. The topological polar surface area (TPSA) is 12.0 Å². The molecule has 0 aliphatic carbocycles. The van der Waals surface area contributed by atoms with Crippen molar-refractivity contribution in [3.05, 3.63) is 51.7 Å². The Bertz CT molecular complexity index is 485. The van der Waals surface area contributed by atoms with Crippen LogP contribution in [-0.4, -0.2) is 0 Å². The summed E-state index contributed by atoms with van der Waals surface area (Å²) in [5.74, 6) is 0.584. The Kier molecular flexibility index (Phi) is 3.85. The van der Waals surface area contributed by atoms with Crippen LogP contribution in [-0.2, 0) is 6.54 Å². The Morgan fingerprint density at radius 2 is 2.00 bits per heavy atom. The molecule has 1 N–H and O–H groups in total. The molecule has 0 aliphatic rings. The van der Waals surface area contributed by atoms with Crippen LogP contribution in [0.3, 0.4) is 0 Å². The van der Waals surface area contributed by atoms with Crippen LogP contribution in [0.1, 0.15) is 35.1 Å². The molecule has 2 rings (SSSR count). The number of hydrogen-bond acceptors (Lipinski definition) is 2. The van der Waals surface area contributed by atoms with Gasteiger partial charge in [-0.3, -0.25) is 0 Å². The summed E-state index contributed by atoms with van der Waals surface area (Å²) in [6, 6.07) is 13.0. The Morgan fingerprint density at radius 3 is 2.65 bits per heavy atom. The van der Waals surface area contributed by atoms with E-state index in [0.717, 1.165) is 6.54 Å². The normalized spacial score (nSPS) is 10.8. The molecule has 0 saturated heterocycles. The molecule has 2 aromatic rings. The van der Waals surface area contributed by atoms with Gasteiger partial charge in [-0.25, -0.2) is 0 Å². The molecular weight excluding hydrogens is 226 g/mol. The zero-order valence-electron chi connectivity index (χ0n) is 10.7. The van der Waals surface area contributed by atoms with Crippen LogP contribution in [0.2, 0.25) is 0 Å². The highest BCUT2D eigenvalue weighted by atomic mass is 32.1. The molecule has 0 saturated carbocycles. The summed E-state index contributed by atoms with van der Waals surface area (Å²) >= 11 is 1.85. The third-order valence-corrected chi connectivity index (χ3v) is 3.82. The molecular formula is C15H19NS. The minimum Gasteiger partial charge on any atom is -0.380 e. The first-order valence-electron chi connectivity index (χ1n) is 6.04. The molecule has 0 atom stereocenters. The van der Waals surface area contributed by atoms with Crippen molar-refractivity contribution in [2.75, 3.05) is 5.32 Å². The van der Waals surface area contributed by atoms with E-state index < -0.39 is 0 Å². The number of rotatable bonds is 4. The van der Waals surface area contributed by atoms with Crippen LogP contribution in [0.15, 0.2) is 36.4 Å². The molecule has 0 unspecified atom stereocenters. The maximum atomic E-state index is 3.48. The first-order valence-corrected chi connectivity index (χ1v) is 6.86. The second-order valence-electron chi connectivity index (χ2n) is 4.65. The summed E-state index contributed by atoms with van der Waals surface area (Å²) in [5, 5.41) is 3.48. The van der Waals surface area contributed by atoms with Gasteiger partial charge in [0.05, 0.1) is 0 Å².